The van der Waals surface area contributed by atoms with Crippen molar-refractivity contribution in [1.29, 1.82) is 0 Å². The van der Waals surface area contributed by atoms with Crippen LogP contribution in [0.2, 0.25) is 0 Å². The van der Waals surface area contributed by atoms with Crippen LogP contribution in [0, 0.1) is 11.8 Å². The van der Waals surface area contributed by atoms with Crippen LogP contribution in [0.25, 0.3) is 0 Å². The largest absolute Gasteiger partial charge is 0.465 e. The van der Waals surface area contributed by atoms with E-state index in [4.69, 9.17) is 4.74 Å². The lowest BCUT2D eigenvalue weighted by Gasteiger charge is -2.16. The van der Waals surface area contributed by atoms with E-state index in [-0.39, 0.29) is 11.9 Å². The van der Waals surface area contributed by atoms with Gasteiger partial charge in [0.1, 0.15) is 0 Å². The first kappa shape index (κ1) is 13.5. The van der Waals surface area contributed by atoms with Crippen molar-refractivity contribution in [3.63, 3.8) is 0 Å². The normalized spacial score (nSPS) is 11.0. The quantitative estimate of drug-likeness (QED) is 0.589. The molecule has 0 saturated heterocycles. The van der Waals surface area contributed by atoms with E-state index >= 15 is 0 Å². The lowest BCUT2D eigenvalue weighted by molar-refractivity contribution is -0.150. The maximum atomic E-state index is 11.5. The molecule has 0 aliphatic carbocycles. The van der Waals surface area contributed by atoms with Crippen LogP contribution < -0.4 is 0 Å². The Hall–Kier alpha value is -0.530. The van der Waals surface area contributed by atoms with Crippen LogP contribution in [0.1, 0.15) is 53.4 Å². The summed E-state index contributed by atoms with van der Waals surface area (Å²) in [5.74, 6) is 0.625. The molecular weight excluding hydrogens is 176 g/mol. The summed E-state index contributed by atoms with van der Waals surface area (Å²) in [4.78, 5) is 11.5. The van der Waals surface area contributed by atoms with Crippen LogP contribution in [-0.2, 0) is 9.53 Å². The number of rotatable bonds is 7. The smallest absolute Gasteiger partial charge is 0.308 e. The van der Waals surface area contributed by atoms with Crippen LogP contribution in [0.3, 0.4) is 0 Å². The first-order valence-electron chi connectivity index (χ1n) is 5.86. The van der Waals surface area contributed by atoms with Gasteiger partial charge in [-0.05, 0) is 18.8 Å². The van der Waals surface area contributed by atoms with E-state index in [0.717, 1.165) is 25.7 Å². The summed E-state index contributed by atoms with van der Waals surface area (Å²) in [5.41, 5.74) is 0. The highest BCUT2D eigenvalue weighted by Crippen LogP contribution is 2.13. The van der Waals surface area contributed by atoms with Crippen molar-refractivity contribution in [2.45, 2.75) is 53.4 Å². The number of esters is 1. The molecular formula is C12H24O2. The van der Waals surface area contributed by atoms with Crippen molar-refractivity contribution in [2.24, 2.45) is 11.8 Å². The van der Waals surface area contributed by atoms with Crippen molar-refractivity contribution in [3.8, 4) is 0 Å². The predicted molar refractivity (Wildman–Crippen MR) is 59.1 cm³/mol. The Kier molecular flexibility index (Phi) is 7.54. The van der Waals surface area contributed by atoms with Gasteiger partial charge in [0, 0.05) is 0 Å². The fraction of sp³-hybridized carbons (Fsp3) is 0.917. The molecule has 0 amide bonds. The van der Waals surface area contributed by atoms with Gasteiger partial charge in [-0.3, -0.25) is 4.79 Å². The Bertz CT molecular complexity index is 146. The Balaban J connectivity index is 3.81. The fourth-order valence-corrected chi connectivity index (χ4v) is 1.46. The topological polar surface area (TPSA) is 26.3 Å². The lowest BCUT2D eigenvalue weighted by Crippen LogP contribution is -2.20. The zero-order valence-corrected chi connectivity index (χ0v) is 10.0. The standard InChI is InChI=1S/C12H24O2/c1-5-10(6-2)9-14-12(13)11(7-3)8-4/h10-11H,5-9H2,1-4H3. The summed E-state index contributed by atoms with van der Waals surface area (Å²) in [6.07, 6.45) is 3.95. The van der Waals surface area contributed by atoms with Gasteiger partial charge in [-0.1, -0.05) is 40.5 Å². The first-order chi connectivity index (χ1) is 6.69. The molecule has 0 unspecified atom stereocenters. The van der Waals surface area contributed by atoms with Gasteiger partial charge in [0.2, 0.25) is 0 Å². The molecule has 0 aliphatic heterocycles. The molecule has 0 aromatic heterocycles. The number of hydrogen-bond acceptors (Lipinski definition) is 2. The summed E-state index contributed by atoms with van der Waals surface area (Å²) in [5, 5.41) is 0. The highest BCUT2D eigenvalue weighted by Gasteiger charge is 2.16. The second-order valence-electron chi connectivity index (χ2n) is 3.83. The molecule has 0 aliphatic rings. The van der Waals surface area contributed by atoms with Crippen LogP contribution in [0.15, 0.2) is 0 Å². The van der Waals surface area contributed by atoms with Gasteiger partial charge in [-0.2, -0.15) is 0 Å². The summed E-state index contributed by atoms with van der Waals surface area (Å²) >= 11 is 0. The zero-order chi connectivity index (χ0) is 11.0. The Morgan fingerprint density at radius 3 is 1.86 bits per heavy atom. The van der Waals surface area contributed by atoms with Crippen molar-refractivity contribution >= 4 is 5.97 Å². The zero-order valence-electron chi connectivity index (χ0n) is 10.0. The van der Waals surface area contributed by atoms with Gasteiger partial charge in [0.15, 0.2) is 0 Å². The molecule has 0 aromatic rings. The van der Waals surface area contributed by atoms with Gasteiger partial charge in [0.25, 0.3) is 0 Å². The molecule has 0 atom stereocenters. The van der Waals surface area contributed by atoms with E-state index < -0.39 is 0 Å². The van der Waals surface area contributed by atoms with Crippen molar-refractivity contribution in [3.05, 3.63) is 0 Å². The second-order valence-corrected chi connectivity index (χ2v) is 3.83. The van der Waals surface area contributed by atoms with Crippen LogP contribution in [0.4, 0.5) is 0 Å². The number of carbonyl (C=O) groups excluding carboxylic acids is 1. The average Bonchev–Trinajstić information content (AvgIpc) is 2.21. The van der Waals surface area contributed by atoms with Crippen molar-refractivity contribution in [1.82, 2.24) is 0 Å². The van der Waals surface area contributed by atoms with E-state index in [1.54, 1.807) is 0 Å². The molecule has 0 spiro atoms. The Morgan fingerprint density at radius 2 is 1.50 bits per heavy atom. The number of hydrogen-bond donors (Lipinski definition) is 0. The molecule has 0 saturated carbocycles. The highest BCUT2D eigenvalue weighted by atomic mass is 16.5. The van der Waals surface area contributed by atoms with Gasteiger partial charge in [0.05, 0.1) is 12.5 Å². The number of carbonyl (C=O) groups is 1. The van der Waals surface area contributed by atoms with Crippen molar-refractivity contribution < 1.29 is 9.53 Å². The van der Waals surface area contributed by atoms with Gasteiger partial charge in [-0.25, -0.2) is 0 Å². The monoisotopic (exact) mass is 200 g/mol. The molecule has 2 nitrogen and oxygen atoms in total. The second kappa shape index (κ2) is 7.84. The molecule has 0 heterocycles. The molecule has 0 fully saturated rings. The third kappa shape index (κ3) is 4.64. The van der Waals surface area contributed by atoms with E-state index in [1.165, 1.54) is 0 Å². The van der Waals surface area contributed by atoms with Crippen LogP contribution in [0.5, 0.6) is 0 Å². The maximum absolute atomic E-state index is 11.5. The molecule has 2 heteroatoms. The lowest BCUT2D eigenvalue weighted by atomic mass is 10.0. The number of ether oxygens (including phenoxy) is 1. The van der Waals surface area contributed by atoms with E-state index in [1.807, 2.05) is 13.8 Å². The minimum absolute atomic E-state index is 0.0121. The minimum atomic E-state index is -0.0121. The van der Waals surface area contributed by atoms with E-state index in [0.29, 0.717) is 12.5 Å². The molecule has 0 N–H and O–H groups in total. The molecule has 0 aromatic carbocycles. The van der Waals surface area contributed by atoms with Crippen molar-refractivity contribution in [2.75, 3.05) is 6.61 Å². The molecule has 14 heavy (non-hydrogen) atoms. The summed E-state index contributed by atoms with van der Waals surface area (Å²) in [6, 6.07) is 0. The fourth-order valence-electron chi connectivity index (χ4n) is 1.46. The molecule has 0 rings (SSSR count). The molecule has 0 radical (unpaired) electrons. The average molecular weight is 200 g/mol. The van der Waals surface area contributed by atoms with Crippen LogP contribution in [-0.4, -0.2) is 12.6 Å². The van der Waals surface area contributed by atoms with Gasteiger partial charge >= 0.3 is 5.97 Å². The van der Waals surface area contributed by atoms with Gasteiger partial charge < -0.3 is 4.74 Å². The Labute approximate surface area is 88.0 Å². The predicted octanol–water partition coefficient (Wildman–Crippen LogP) is 3.40. The Morgan fingerprint density at radius 1 is 1.00 bits per heavy atom. The third-order valence-corrected chi connectivity index (χ3v) is 2.93. The van der Waals surface area contributed by atoms with E-state index in [2.05, 4.69) is 13.8 Å². The summed E-state index contributed by atoms with van der Waals surface area (Å²) in [6.45, 7) is 8.94. The van der Waals surface area contributed by atoms with Crippen LogP contribution >= 0.6 is 0 Å². The highest BCUT2D eigenvalue weighted by molar-refractivity contribution is 5.72. The minimum Gasteiger partial charge on any atom is -0.465 e. The first-order valence-corrected chi connectivity index (χ1v) is 5.86. The summed E-state index contributed by atoms with van der Waals surface area (Å²) in [7, 11) is 0. The maximum Gasteiger partial charge on any atom is 0.308 e. The molecule has 84 valence electrons. The van der Waals surface area contributed by atoms with E-state index in [9.17, 15) is 4.79 Å². The third-order valence-electron chi connectivity index (χ3n) is 2.93. The molecule has 0 bridgehead atoms. The summed E-state index contributed by atoms with van der Waals surface area (Å²) < 4.78 is 5.29. The SMILES string of the molecule is CCC(CC)COC(=O)C(CC)CC. The van der Waals surface area contributed by atoms with Gasteiger partial charge in [-0.15, -0.1) is 0 Å².